The number of hydrogen-bond donors (Lipinski definition) is 2. The van der Waals surface area contributed by atoms with Gasteiger partial charge >= 0.3 is 12.0 Å². The molecule has 5 nitrogen and oxygen atoms in total. The average Bonchev–Trinajstić information content (AvgIpc) is 2.19. The van der Waals surface area contributed by atoms with Gasteiger partial charge in [-0.2, -0.15) is 0 Å². The van der Waals surface area contributed by atoms with E-state index in [9.17, 15) is 9.59 Å². The number of carbonyl (C=O) groups excluding carboxylic acids is 2. The van der Waals surface area contributed by atoms with Crippen molar-refractivity contribution >= 4 is 12.0 Å². The molecular weight excluding hydrogens is 208 g/mol. The molecule has 0 saturated heterocycles. The topological polar surface area (TPSA) is 67.4 Å². The molecule has 0 atom stereocenters. The molecule has 0 radical (unpaired) electrons. The van der Waals surface area contributed by atoms with Crippen LogP contribution in [0, 0.1) is 0 Å². The van der Waals surface area contributed by atoms with Crippen molar-refractivity contribution in [1.29, 1.82) is 0 Å². The van der Waals surface area contributed by atoms with Gasteiger partial charge in [-0.05, 0) is 32.6 Å². The van der Waals surface area contributed by atoms with Gasteiger partial charge in [0.15, 0.2) is 0 Å². The number of ether oxygens (including phenoxy) is 1. The number of amides is 2. The van der Waals surface area contributed by atoms with Crippen LogP contribution in [-0.4, -0.2) is 31.2 Å². The molecule has 1 fully saturated rings. The third kappa shape index (κ3) is 5.00. The van der Waals surface area contributed by atoms with E-state index in [2.05, 4.69) is 10.6 Å². The van der Waals surface area contributed by atoms with Crippen LogP contribution >= 0.6 is 0 Å². The molecule has 0 bridgehead atoms. The molecule has 1 saturated carbocycles. The third-order valence-electron chi connectivity index (χ3n) is 2.59. The monoisotopic (exact) mass is 228 g/mol. The molecule has 1 aliphatic carbocycles. The molecule has 0 spiro atoms. The Hall–Kier alpha value is -1.26. The number of hydrogen-bond acceptors (Lipinski definition) is 3. The van der Waals surface area contributed by atoms with Crippen LogP contribution < -0.4 is 10.6 Å². The highest BCUT2D eigenvalue weighted by Crippen LogP contribution is 2.17. The standard InChI is InChI=1S/C11H20N2O3/c1-2-16-10(14)7-4-8-12-11(15)13-9-5-3-6-9/h9H,2-8H2,1H3,(H2,12,13,15). The van der Waals surface area contributed by atoms with Crippen molar-refractivity contribution in [3.63, 3.8) is 0 Å². The Balaban J connectivity index is 1.93. The number of esters is 1. The zero-order valence-corrected chi connectivity index (χ0v) is 9.75. The van der Waals surface area contributed by atoms with Gasteiger partial charge in [-0.25, -0.2) is 4.79 Å². The van der Waals surface area contributed by atoms with Gasteiger partial charge in [0.1, 0.15) is 0 Å². The van der Waals surface area contributed by atoms with Gasteiger partial charge in [0.05, 0.1) is 6.61 Å². The fourth-order valence-corrected chi connectivity index (χ4v) is 1.46. The van der Waals surface area contributed by atoms with Crippen LogP contribution in [0.4, 0.5) is 4.79 Å². The van der Waals surface area contributed by atoms with Crippen molar-refractivity contribution in [2.45, 2.75) is 45.1 Å². The van der Waals surface area contributed by atoms with E-state index in [4.69, 9.17) is 4.74 Å². The zero-order chi connectivity index (χ0) is 11.8. The summed E-state index contributed by atoms with van der Waals surface area (Å²) in [6, 6.07) is 0.221. The SMILES string of the molecule is CCOC(=O)CCCNC(=O)NC1CCC1. The molecule has 1 aliphatic rings. The maximum atomic E-state index is 11.3. The summed E-state index contributed by atoms with van der Waals surface area (Å²) in [6.07, 6.45) is 4.34. The van der Waals surface area contributed by atoms with E-state index in [1.54, 1.807) is 6.92 Å². The molecule has 2 N–H and O–H groups in total. The number of carbonyl (C=O) groups is 2. The van der Waals surface area contributed by atoms with E-state index in [0.29, 0.717) is 32.0 Å². The first-order valence-corrected chi connectivity index (χ1v) is 5.92. The molecule has 0 aliphatic heterocycles. The lowest BCUT2D eigenvalue weighted by Crippen LogP contribution is -2.45. The van der Waals surface area contributed by atoms with E-state index in [0.717, 1.165) is 12.8 Å². The first kappa shape index (κ1) is 12.8. The Labute approximate surface area is 95.9 Å². The van der Waals surface area contributed by atoms with Crippen LogP contribution in [0.1, 0.15) is 39.0 Å². The lowest BCUT2D eigenvalue weighted by Gasteiger charge is -2.26. The summed E-state index contributed by atoms with van der Waals surface area (Å²) in [5.41, 5.74) is 0. The van der Waals surface area contributed by atoms with E-state index < -0.39 is 0 Å². The molecule has 0 aromatic rings. The Bertz CT molecular complexity index is 239. The molecule has 0 aromatic heterocycles. The summed E-state index contributed by atoms with van der Waals surface area (Å²) < 4.78 is 4.77. The minimum absolute atomic E-state index is 0.131. The Kier molecular flexibility index (Phi) is 5.67. The van der Waals surface area contributed by atoms with Crippen molar-refractivity contribution in [2.24, 2.45) is 0 Å². The fraction of sp³-hybridized carbons (Fsp3) is 0.818. The fourth-order valence-electron chi connectivity index (χ4n) is 1.46. The summed E-state index contributed by atoms with van der Waals surface area (Å²) in [6.45, 7) is 2.70. The lowest BCUT2D eigenvalue weighted by atomic mass is 9.93. The maximum absolute atomic E-state index is 11.3. The summed E-state index contributed by atoms with van der Waals surface area (Å²) in [7, 11) is 0. The van der Waals surface area contributed by atoms with Crippen LogP contribution in [-0.2, 0) is 9.53 Å². The minimum Gasteiger partial charge on any atom is -0.466 e. The van der Waals surface area contributed by atoms with Crippen LogP contribution in [0.3, 0.4) is 0 Å². The molecular formula is C11H20N2O3. The third-order valence-corrected chi connectivity index (χ3v) is 2.59. The van der Waals surface area contributed by atoms with Crippen molar-refractivity contribution in [2.75, 3.05) is 13.2 Å². The Morgan fingerprint density at radius 2 is 2.12 bits per heavy atom. The molecule has 0 heterocycles. The maximum Gasteiger partial charge on any atom is 0.315 e. The average molecular weight is 228 g/mol. The second-order valence-corrected chi connectivity index (χ2v) is 3.94. The molecule has 0 aromatic carbocycles. The smallest absolute Gasteiger partial charge is 0.315 e. The first-order chi connectivity index (χ1) is 7.72. The van der Waals surface area contributed by atoms with Crippen LogP contribution in [0.2, 0.25) is 0 Å². The molecule has 1 rings (SSSR count). The van der Waals surface area contributed by atoms with E-state index in [1.165, 1.54) is 6.42 Å². The quantitative estimate of drug-likeness (QED) is 0.530. The van der Waals surface area contributed by atoms with Gasteiger partial charge in [0, 0.05) is 19.0 Å². The number of urea groups is 1. The van der Waals surface area contributed by atoms with E-state index in [-0.39, 0.29) is 12.0 Å². The summed E-state index contributed by atoms with van der Waals surface area (Å²) in [5.74, 6) is -0.205. The van der Waals surface area contributed by atoms with Gasteiger partial charge in [-0.3, -0.25) is 4.79 Å². The Morgan fingerprint density at radius 3 is 2.69 bits per heavy atom. The van der Waals surface area contributed by atoms with Crippen molar-refractivity contribution in [3.8, 4) is 0 Å². The van der Waals surface area contributed by atoms with Gasteiger partial charge < -0.3 is 15.4 Å². The second-order valence-electron chi connectivity index (χ2n) is 3.94. The van der Waals surface area contributed by atoms with Crippen molar-refractivity contribution < 1.29 is 14.3 Å². The predicted octanol–water partition coefficient (Wildman–Crippen LogP) is 1.18. The summed E-state index contributed by atoms with van der Waals surface area (Å²) >= 11 is 0. The predicted molar refractivity (Wildman–Crippen MR) is 60.0 cm³/mol. The lowest BCUT2D eigenvalue weighted by molar-refractivity contribution is -0.143. The van der Waals surface area contributed by atoms with Crippen molar-refractivity contribution in [3.05, 3.63) is 0 Å². The van der Waals surface area contributed by atoms with Crippen LogP contribution in [0.15, 0.2) is 0 Å². The minimum atomic E-state index is -0.205. The zero-order valence-electron chi connectivity index (χ0n) is 9.75. The van der Waals surface area contributed by atoms with Crippen LogP contribution in [0.25, 0.3) is 0 Å². The Morgan fingerprint density at radius 1 is 1.38 bits per heavy atom. The highest BCUT2D eigenvalue weighted by molar-refractivity contribution is 5.74. The molecule has 0 unspecified atom stereocenters. The highest BCUT2D eigenvalue weighted by Gasteiger charge is 2.18. The largest absolute Gasteiger partial charge is 0.466 e. The molecule has 2 amide bonds. The normalized spacial score (nSPS) is 15.1. The molecule has 16 heavy (non-hydrogen) atoms. The number of nitrogens with one attached hydrogen (secondary N) is 2. The molecule has 5 heteroatoms. The summed E-state index contributed by atoms with van der Waals surface area (Å²) in [4.78, 5) is 22.2. The van der Waals surface area contributed by atoms with Crippen molar-refractivity contribution in [1.82, 2.24) is 10.6 Å². The molecule has 92 valence electrons. The second kappa shape index (κ2) is 7.09. The van der Waals surface area contributed by atoms with Gasteiger partial charge in [-0.15, -0.1) is 0 Å². The van der Waals surface area contributed by atoms with Crippen LogP contribution in [0.5, 0.6) is 0 Å². The number of rotatable bonds is 6. The van der Waals surface area contributed by atoms with Gasteiger partial charge in [0.25, 0.3) is 0 Å². The van der Waals surface area contributed by atoms with E-state index in [1.807, 2.05) is 0 Å². The van der Waals surface area contributed by atoms with E-state index >= 15 is 0 Å². The van der Waals surface area contributed by atoms with Gasteiger partial charge in [-0.1, -0.05) is 0 Å². The first-order valence-electron chi connectivity index (χ1n) is 5.92. The highest BCUT2D eigenvalue weighted by atomic mass is 16.5. The van der Waals surface area contributed by atoms with Gasteiger partial charge in [0.2, 0.25) is 0 Å². The summed E-state index contributed by atoms with van der Waals surface area (Å²) in [5, 5.41) is 5.58.